The Hall–Kier alpha value is -4.38. The monoisotopic (exact) mass is 661 g/mol. The van der Waals surface area contributed by atoms with Crippen molar-refractivity contribution in [1.82, 2.24) is 19.5 Å². The molecule has 254 valence electrons. The van der Waals surface area contributed by atoms with E-state index in [0.29, 0.717) is 5.92 Å². The largest absolute Gasteiger partial charge is 0.519 e. The third-order valence-electron chi connectivity index (χ3n) is 9.35. The van der Waals surface area contributed by atoms with Gasteiger partial charge in [-0.15, -0.1) is 0 Å². The maximum atomic E-state index is 14.6. The van der Waals surface area contributed by atoms with Gasteiger partial charge in [0.2, 0.25) is 0 Å². The Morgan fingerprint density at radius 3 is 2.60 bits per heavy atom. The van der Waals surface area contributed by atoms with Gasteiger partial charge in [0.25, 0.3) is 0 Å². The van der Waals surface area contributed by atoms with Gasteiger partial charge < -0.3 is 37.5 Å². The minimum absolute atomic E-state index is 0.000826. The van der Waals surface area contributed by atoms with Crippen LogP contribution in [-0.2, 0) is 35.1 Å². The zero-order valence-electron chi connectivity index (χ0n) is 26.4. The highest BCUT2D eigenvalue weighted by Crippen LogP contribution is 2.54. The molecule has 2 N–H and O–H groups in total. The van der Waals surface area contributed by atoms with E-state index in [9.17, 15) is 28.7 Å². The van der Waals surface area contributed by atoms with Gasteiger partial charge in [-0.3, -0.25) is 14.9 Å². The molecule has 3 aromatic rings. The molecule has 16 nitrogen and oxygen atoms in total. The number of imidazole rings is 1. The lowest BCUT2D eigenvalue weighted by molar-refractivity contribution is -0.167. The van der Waals surface area contributed by atoms with Crippen molar-refractivity contribution < 1.29 is 51.7 Å². The lowest BCUT2D eigenvalue weighted by Crippen LogP contribution is -2.45. The Morgan fingerprint density at radius 1 is 1.19 bits per heavy atom. The molecular weight excluding hydrogens is 625 g/mol. The number of hydrogen-bond acceptors (Lipinski definition) is 14. The minimum Gasteiger partial charge on any atom is -0.462 e. The number of fused-ring (bicyclic) bond motifs is 3. The topological polar surface area (TPSA) is 207 Å². The fourth-order valence-electron chi connectivity index (χ4n) is 6.74. The average Bonchev–Trinajstić information content (AvgIpc) is 3.81. The number of rotatable bonds is 10. The van der Waals surface area contributed by atoms with Crippen LogP contribution in [0, 0.1) is 24.3 Å². The summed E-state index contributed by atoms with van der Waals surface area (Å²) >= 11 is 0. The van der Waals surface area contributed by atoms with Gasteiger partial charge in [0.15, 0.2) is 35.1 Å². The van der Waals surface area contributed by atoms with Crippen molar-refractivity contribution in [2.24, 2.45) is 11.3 Å². The molecule has 6 rings (SSSR count). The van der Waals surface area contributed by atoms with Crippen molar-refractivity contribution in [2.75, 3.05) is 18.5 Å². The summed E-state index contributed by atoms with van der Waals surface area (Å²) in [7, 11) is 0. The Labute approximate surface area is 266 Å². The summed E-state index contributed by atoms with van der Waals surface area (Å²) in [6, 6.07) is -0.776. The van der Waals surface area contributed by atoms with Crippen molar-refractivity contribution in [2.45, 2.75) is 96.2 Å². The first kappa shape index (κ1) is 32.6. The lowest BCUT2D eigenvalue weighted by Gasteiger charge is -2.31. The zero-order valence-corrected chi connectivity index (χ0v) is 26.4. The van der Waals surface area contributed by atoms with E-state index in [2.05, 4.69) is 20.3 Å². The molecule has 0 aromatic carbocycles. The predicted octanol–water partition coefficient (Wildman–Crippen LogP) is 3.10. The molecule has 1 aliphatic heterocycles. The van der Waals surface area contributed by atoms with Crippen LogP contribution in [0.25, 0.3) is 11.2 Å². The maximum absolute atomic E-state index is 14.6. The van der Waals surface area contributed by atoms with Gasteiger partial charge >= 0.3 is 29.9 Å². The molecular formula is C30H36FN5O11. The van der Waals surface area contributed by atoms with E-state index in [1.807, 2.05) is 0 Å². The fourth-order valence-corrected chi connectivity index (χ4v) is 6.74. The number of aliphatic hydroxyl groups is 1. The number of aliphatic hydroxyl groups excluding tert-OH is 1. The van der Waals surface area contributed by atoms with Gasteiger partial charge in [-0.25, -0.2) is 14.6 Å². The molecule has 3 atom stereocenters. The molecule has 2 saturated carbocycles. The molecule has 1 amide bonds. The van der Waals surface area contributed by atoms with Crippen LogP contribution in [0.3, 0.4) is 0 Å². The van der Waals surface area contributed by atoms with Crippen LogP contribution in [-0.4, -0.2) is 73.2 Å². The first-order valence-electron chi connectivity index (χ1n) is 15.3. The molecule has 3 aromatic heterocycles. The van der Waals surface area contributed by atoms with Gasteiger partial charge in [-0.2, -0.15) is 14.4 Å². The van der Waals surface area contributed by atoms with Gasteiger partial charge in [0.05, 0.1) is 30.8 Å². The third kappa shape index (κ3) is 6.45. The molecule has 17 heteroatoms. The highest BCUT2D eigenvalue weighted by atomic mass is 19.1. The van der Waals surface area contributed by atoms with Crippen molar-refractivity contribution in [3.8, 4) is 0 Å². The summed E-state index contributed by atoms with van der Waals surface area (Å²) < 4.78 is 47.6. The van der Waals surface area contributed by atoms with Crippen molar-refractivity contribution in [3.05, 3.63) is 34.5 Å². The normalized spacial score (nSPS) is 26.9. The summed E-state index contributed by atoms with van der Waals surface area (Å²) in [6.07, 6.45) is 2.01. The van der Waals surface area contributed by atoms with Crippen LogP contribution >= 0.6 is 0 Å². The van der Waals surface area contributed by atoms with E-state index in [-0.39, 0.29) is 60.7 Å². The molecule has 3 aliphatic rings. The Bertz CT molecular complexity index is 1760. The number of aromatic nitrogens is 4. The molecule has 2 bridgehead atoms. The van der Waals surface area contributed by atoms with Gasteiger partial charge in [0, 0.05) is 0 Å². The molecule has 0 spiro atoms. The lowest BCUT2D eigenvalue weighted by atomic mass is 9.84. The molecule has 47 heavy (non-hydrogen) atoms. The Kier molecular flexibility index (Phi) is 8.32. The second-order valence-corrected chi connectivity index (χ2v) is 13.4. The molecule has 1 saturated heterocycles. The molecule has 4 heterocycles. The standard InChI is InChI=1S/C30H36FN5O11/c1-15-18(46-27(41)45-15)12-42-19(37)10-28(2,3)47-26(40)34-22-20-23(35-25(31)33-22)36(14-32-20)17-11-44-29(4,21(17)38)13-43-24(39)30-7-5-16(9-30)6-8-30/h14,16-17,21,38H,5-13H2,1-4H3,(H,33,34,35,40)/t16?,17?,21-,29+,30?/m0/s1. The van der Waals surface area contributed by atoms with Crippen molar-refractivity contribution >= 4 is 35.0 Å². The van der Waals surface area contributed by atoms with E-state index in [0.717, 1.165) is 32.1 Å². The summed E-state index contributed by atoms with van der Waals surface area (Å²) in [5, 5.41) is 13.6. The van der Waals surface area contributed by atoms with Crippen LogP contribution < -0.4 is 11.1 Å². The number of halogens is 1. The quantitative estimate of drug-likeness (QED) is 0.182. The molecule has 0 radical (unpaired) electrons. The van der Waals surface area contributed by atoms with E-state index in [4.69, 9.17) is 27.8 Å². The number of nitrogens with one attached hydrogen (secondary N) is 1. The minimum atomic E-state index is -1.38. The first-order valence-corrected chi connectivity index (χ1v) is 15.3. The summed E-state index contributed by atoms with van der Waals surface area (Å²) in [5.41, 5.74) is -3.10. The molecule has 3 fully saturated rings. The first-order chi connectivity index (χ1) is 22.2. The Morgan fingerprint density at radius 2 is 1.94 bits per heavy atom. The second kappa shape index (κ2) is 12.0. The van der Waals surface area contributed by atoms with Gasteiger partial charge in [-0.1, -0.05) is 0 Å². The number of amides is 1. The van der Waals surface area contributed by atoms with Gasteiger partial charge in [-0.05, 0) is 65.7 Å². The van der Waals surface area contributed by atoms with E-state index >= 15 is 0 Å². The highest BCUT2D eigenvalue weighted by Gasteiger charge is 2.53. The molecule has 1 unspecified atom stereocenters. The third-order valence-corrected chi connectivity index (χ3v) is 9.35. The number of carbonyl (C=O) groups is 3. The summed E-state index contributed by atoms with van der Waals surface area (Å²) in [4.78, 5) is 61.0. The number of hydrogen-bond donors (Lipinski definition) is 2. The highest BCUT2D eigenvalue weighted by molar-refractivity contribution is 5.93. The number of aryl methyl sites for hydroxylation is 1. The maximum Gasteiger partial charge on any atom is 0.519 e. The number of carbonyl (C=O) groups excluding carboxylic acids is 3. The summed E-state index contributed by atoms with van der Waals surface area (Å²) in [5.74, 6) is -1.48. The van der Waals surface area contributed by atoms with Crippen molar-refractivity contribution in [1.29, 1.82) is 0 Å². The Balaban J connectivity index is 1.08. The van der Waals surface area contributed by atoms with Crippen LogP contribution in [0.5, 0.6) is 0 Å². The second-order valence-electron chi connectivity index (χ2n) is 13.4. The van der Waals surface area contributed by atoms with E-state index in [1.54, 1.807) is 6.92 Å². The van der Waals surface area contributed by atoms with Crippen molar-refractivity contribution in [3.63, 3.8) is 0 Å². The summed E-state index contributed by atoms with van der Waals surface area (Å²) in [6.45, 7) is 5.49. The smallest absolute Gasteiger partial charge is 0.462 e. The van der Waals surface area contributed by atoms with Gasteiger partial charge in [0.1, 0.15) is 23.9 Å². The number of anilines is 1. The average molecular weight is 662 g/mol. The zero-order chi connectivity index (χ0) is 33.7. The van der Waals surface area contributed by atoms with Crippen LogP contribution in [0.4, 0.5) is 15.0 Å². The number of esters is 2. The fraction of sp³-hybridized carbons (Fsp3) is 0.633. The predicted molar refractivity (Wildman–Crippen MR) is 155 cm³/mol. The SMILES string of the molecule is Cc1oc(=O)oc1COC(=O)CC(C)(C)OC(=O)Nc1nc(F)nc2c1ncn2C1CO[C@](C)(COC(=O)C23CCC(CC2)C3)[C@H]1O. The van der Waals surface area contributed by atoms with Crippen LogP contribution in [0.2, 0.25) is 0 Å². The van der Waals surface area contributed by atoms with E-state index < -0.39 is 52.7 Å². The van der Waals surface area contributed by atoms with Crippen LogP contribution in [0.1, 0.15) is 76.9 Å². The number of ether oxygens (including phenoxy) is 4. The van der Waals surface area contributed by atoms with E-state index in [1.165, 1.54) is 31.7 Å². The molecule has 2 aliphatic carbocycles. The van der Waals surface area contributed by atoms with Crippen LogP contribution in [0.15, 0.2) is 20.0 Å². The number of nitrogens with zero attached hydrogens (tertiary/aromatic N) is 4.